The first kappa shape index (κ1) is 19.2. The largest absolute Gasteiger partial charge is 0.342 e. The third kappa shape index (κ3) is 3.90. The van der Waals surface area contributed by atoms with Crippen molar-refractivity contribution in [3.63, 3.8) is 0 Å². The molecule has 0 bridgehead atoms. The van der Waals surface area contributed by atoms with E-state index in [4.69, 9.17) is 4.98 Å². The maximum absolute atomic E-state index is 14.0. The Morgan fingerprint density at radius 3 is 2.66 bits per heavy atom. The smallest absolute Gasteiger partial charge is 0.254 e. The van der Waals surface area contributed by atoms with Crippen LogP contribution in [0.3, 0.4) is 0 Å². The lowest BCUT2D eigenvalue weighted by atomic mass is 9.89. The summed E-state index contributed by atoms with van der Waals surface area (Å²) in [4.78, 5) is 36.0. The molecule has 1 fully saturated rings. The number of allylic oxidation sites excluding steroid dienone is 1. The molecule has 1 unspecified atom stereocenters. The number of aromatic nitrogens is 2. The molecule has 0 N–H and O–H groups in total. The van der Waals surface area contributed by atoms with Gasteiger partial charge in [-0.3, -0.25) is 19.1 Å². The zero-order valence-electron chi connectivity index (χ0n) is 16.3. The van der Waals surface area contributed by atoms with Crippen molar-refractivity contribution in [1.82, 2.24) is 9.55 Å². The first-order valence-electron chi connectivity index (χ1n) is 9.84. The number of carbonyl (C=O) groups is 1. The Labute approximate surface area is 168 Å². The molecule has 2 aliphatic heterocycles. The number of rotatable bonds is 4. The van der Waals surface area contributed by atoms with Crippen LogP contribution in [0.25, 0.3) is 0 Å². The Morgan fingerprint density at radius 1 is 1.21 bits per heavy atom. The van der Waals surface area contributed by atoms with Gasteiger partial charge in [0, 0.05) is 50.5 Å². The molecule has 4 rings (SSSR count). The number of aliphatic imine (C=N–C) groups is 1. The maximum atomic E-state index is 14.0. The van der Waals surface area contributed by atoms with E-state index in [2.05, 4.69) is 4.99 Å². The van der Waals surface area contributed by atoms with Crippen LogP contribution in [-0.4, -0.2) is 34.6 Å². The number of hydrogen-bond donors (Lipinski definition) is 0. The average Bonchev–Trinajstić information content (AvgIpc) is 2.76. The first-order chi connectivity index (χ1) is 14.0. The quantitative estimate of drug-likeness (QED) is 0.748. The molecule has 1 aromatic carbocycles. The van der Waals surface area contributed by atoms with Gasteiger partial charge in [-0.1, -0.05) is 18.2 Å². The van der Waals surface area contributed by atoms with Crippen LogP contribution < -0.4 is 10.5 Å². The third-order valence-electron chi connectivity index (χ3n) is 5.67. The van der Waals surface area contributed by atoms with E-state index in [1.54, 1.807) is 42.1 Å². The van der Waals surface area contributed by atoms with Gasteiger partial charge in [0.05, 0.1) is 11.3 Å². The zero-order valence-corrected chi connectivity index (χ0v) is 16.3. The summed E-state index contributed by atoms with van der Waals surface area (Å²) in [6.45, 7) is 1.19. The van der Waals surface area contributed by atoms with Gasteiger partial charge in [0.2, 0.25) is 5.95 Å². The fourth-order valence-electron chi connectivity index (χ4n) is 3.93. The van der Waals surface area contributed by atoms with Gasteiger partial charge < -0.3 is 4.90 Å². The van der Waals surface area contributed by atoms with E-state index in [1.807, 2.05) is 17.2 Å². The molecule has 2 aliphatic rings. The Balaban J connectivity index is 1.51. The van der Waals surface area contributed by atoms with E-state index in [0.29, 0.717) is 31.9 Å². The van der Waals surface area contributed by atoms with Crippen LogP contribution in [0, 0.1) is 11.7 Å². The summed E-state index contributed by atoms with van der Waals surface area (Å²) >= 11 is 0. The highest BCUT2D eigenvalue weighted by atomic mass is 19.1. The first-order valence-corrected chi connectivity index (χ1v) is 9.84. The molecule has 0 radical (unpaired) electrons. The van der Waals surface area contributed by atoms with Crippen molar-refractivity contribution in [3.8, 4) is 0 Å². The van der Waals surface area contributed by atoms with Crippen LogP contribution >= 0.6 is 0 Å². The van der Waals surface area contributed by atoms with Crippen LogP contribution in [0.5, 0.6) is 0 Å². The number of halogens is 1. The van der Waals surface area contributed by atoms with E-state index in [0.717, 1.165) is 12.1 Å². The molecule has 3 heterocycles. The number of anilines is 1. The van der Waals surface area contributed by atoms with Gasteiger partial charge >= 0.3 is 0 Å². The molecule has 1 atom stereocenters. The van der Waals surface area contributed by atoms with Crippen molar-refractivity contribution in [2.24, 2.45) is 18.0 Å². The summed E-state index contributed by atoms with van der Waals surface area (Å²) in [5, 5.41) is 0. The molecule has 0 spiro atoms. The van der Waals surface area contributed by atoms with Gasteiger partial charge in [0.15, 0.2) is 5.78 Å². The fourth-order valence-corrected chi connectivity index (χ4v) is 3.93. The second-order valence-corrected chi connectivity index (χ2v) is 7.50. The van der Waals surface area contributed by atoms with E-state index >= 15 is 0 Å². The lowest BCUT2D eigenvalue weighted by molar-refractivity contribution is 0.0896. The zero-order chi connectivity index (χ0) is 20.4. The summed E-state index contributed by atoms with van der Waals surface area (Å²) < 4.78 is 15.5. The van der Waals surface area contributed by atoms with Gasteiger partial charge in [-0.25, -0.2) is 9.37 Å². The number of benzene rings is 1. The van der Waals surface area contributed by atoms with Crippen molar-refractivity contribution in [3.05, 3.63) is 70.0 Å². The summed E-state index contributed by atoms with van der Waals surface area (Å²) in [6, 6.07) is 7.70. The summed E-state index contributed by atoms with van der Waals surface area (Å²) in [5.74, 6) is -0.188. The Morgan fingerprint density at radius 2 is 1.97 bits per heavy atom. The van der Waals surface area contributed by atoms with Gasteiger partial charge in [0.25, 0.3) is 5.56 Å². The number of ketones is 1. The highest BCUT2D eigenvalue weighted by molar-refractivity contribution is 5.98. The molecule has 1 saturated heterocycles. The fraction of sp³-hybridized carbons (Fsp3) is 0.364. The van der Waals surface area contributed by atoms with E-state index in [9.17, 15) is 14.0 Å². The van der Waals surface area contributed by atoms with Crippen molar-refractivity contribution >= 4 is 17.9 Å². The number of piperidine rings is 1. The highest BCUT2D eigenvalue weighted by Crippen LogP contribution is 2.27. The van der Waals surface area contributed by atoms with E-state index in [1.165, 1.54) is 6.07 Å². The Bertz CT molecular complexity index is 1040. The second-order valence-electron chi connectivity index (χ2n) is 7.50. The van der Waals surface area contributed by atoms with E-state index in [-0.39, 0.29) is 28.7 Å². The van der Waals surface area contributed by atoms with Crippen molar-refractivity contribution in [2.45, 2.75) is 25.2 Å². The molecule has 0 aliphatic carbocycles. The van der Waals surface area contributed by atoms with Crippen molar-refractivity contribution in [2.75, 3.05) is 18.0 Å². The molecule has 29 heavy (non-hydrogen) atoms. The third-order valence-corrected chi connectivity index (χ3v) is 5.67. The van der Waals surface area contributed by atoms with Crippen LogP contribution in [-0.2, 0) is 7.05 Å². The lowest BCUT2D eigenvalue weighted by Crippen LogP contribution is -2.40. The van der Waals surface area contributed by atoms with Crippen LogP contribution in [0.2, 0.25) is 0 Å². The Hall–Kier alpha value is -3.09. The van der Waals surface area contributed by atoms with Crippen LogP contribution in [0.4, 0.5) is 10.3 Å². The van der Waals surface area contributed by atoms with Gasteiger partial charge in [-0.05, 0) is 31.4 Å². The standard InChI is InChI=1S/C22H23FN4O2/c1-26-20(28)14-19(15-6-10-24-11-7-15)25-22(26)27-12-8-16(9-13-27)21(29)17-4-2-3-5-18(17)23/h2-6,10-11,14-16H,7-9,12-13H2,1H3. The van der Waals surface area contributed by atoms with Gasteiger partial charge in [-0.15, -0.1) is 0 Å². The molecular weight excluding hydrogens is 371 g/mol. The van der Waals surface area contributed by atoms with Gasteiger partial charge in [-0.2, -0.15) is 0 Å². The number of hydrogen-bond acceptors (Lipinski definition) is 5. The van der Waals surface area contributed by atoms with E-state index < -0.39 is 5.82 Å². The molecule has 0 saturated carbocycles. The SMILES string of the molecule is Cn1c(N2CCC(C(=O)c3ccccc3F)CC2)nc(C2C=CN=CC2)cc1=O. The molecular formula is C22H23FN4O2. The minimum absolute atomic E-state index is 0.0420. The average molecular weight is 394 g/mol. The topological polar surface area (TPSA) is 67.6 Å². The normalized spacial score (nSPS) is 19.5. The van der Waals surface area contributed by atoms with Crippen LogP contribution in [0.15, 0.2) is 52.4 Å². The number of nitrogens with zero attached hydrogens (tertiary/aromatic N) is 4. The van der Waals surface area contributed by atoms with Crippen LogP contribution in [0.1, 0.15) is 41.2 Å². The summed E-state index contributed by atoms with van der Waals surface area (Å²) in [6.07, 6.45) is 7.42. The molecule has 7 heteroatoms. The second kappa shape index (κ2) is 8.11. The molecule has 1 aromatic heterocycles. The predicted octanol–water partition coefficient (Wildman–Crippen LogP) is 3.09. The minimum Gasteiger partial charge on any atom is -0.342 e. The molecule has 6 nitrogen and oxygen atoms in total. The van der Waals surface area contributed by atoms with Crippen molar-refractivity contribution < 1.29 is 9.18 Å². The molecule has 150 valence electrons. The monoisotopic (exact) mass is 394 g/mol. The molecule has 2 aromatic rings. The predicted molar refractivity (Wildman–Crippen MR) is 110 cm³/mol. The minimum atomic E-state index is -0.472. The lowest BCUT2D eigenvalue weighted by Gasteiger charge is -2.33. The highest BCUT2D eigenvalue weighted by Gasteiger charge is 2.29. The summed E-state index contributed by atoms with van der Waals surface area (Å²) in [5.41, 5.74) is 0.782. The van der Waals surface area contributed by atoms with Gasteiger partial charge in [0.1, 0.15) is 5.82 Å². The number of carbonyl (C=O) groups excluding carboxylic acids is 1. The molecule has 0 amide bonds. The number of Topliss-reactive ketones (excluding diaryl/α,β-unsaturated/α-hetero) is 1. The maximum Gasteiger partial charge on any atom is 0.254 e. The van der Waals surface area contributed by atoms with Crippen molar-refractivity contribution in [1.29, 1.82) is 0 Å². The summed E-state index contributed by atoms with van der Waals surface area (Å²) in [7, 11) is 1.71. The Kier molecular flexibility index (Phi) is 5.38.